The minimum Gasteiger partial charge on any atom is -0.383 e. The predicted molar refractivity (Wildman–Crippen MR) is 87.8 cm³/mol. The Hall–Kier alpha value is -3.03. The van der Waals surface area contributed by atoms with Crippen molar-refractivity contribution in [1.29, 1.82) is 0 Å². The van der Waals surface area contributed by atoms with Crippen LogP contribution in [0.3, 0.4) is 0 Å². The first-order valence-corrected chi connectivity index (χ1v) is 7.52. The molecule has 0 saturated heterocycles. The Kier molecular flexibility index (Phi) is 3.19. The van der Waals surface area contributed by atoms with Crippen molar-refractivity contribution in [3.63, 3.8) is 0 Å². The first-order valence-electron chi connectivity index (χ1n) is 7.52. The second-order valence-electron chi connectivity index (χ2n) is 5.87. The lowest BCUT2D eigenvalue weighted by molar-refractivity contribution is -0.117. The first kappa shape index (κ1) is 14.6. The fourth-order valence-electron chi connectivity index (χ4n) is 2.65. The Morgan fingerprint density at radius 2 is 2.25 bits per heavy atom. The van der Waals surface area contributed by atoms with E-state index in [-0.39, 0.29) is 12.3 Å². The van der Waals surface area contributed by atoms with Gasteiger partial charge < -0.3 is 11.1 Å². The third-order valence-electron chi connectivity index (χ3n) is 4.13. The molecule has 0 spiro atoms. The summed E-state index contributed by atoms with van der Waals surface area (Å²) in [5, 5.41) is 8.24. The van der Waals surface area contributed by atoms with Gasteiger partial charge in [-0.2, -0.15) is 5.10 Å². The summed E-state index contributed by atoms with van der Waals surface area (Å²) < 4.78 is 14.7. The number of halogens is 1. The maximum atomic E-state index is 13.0. The topological polar surface area (TPSA) is 98.7 Å². The molecule has 2 unspecified atom stereocenters. The number of carbonyl (C=O) groups excluding carboxylic acids is 1. The molecule has 3 N–H and O–H groups in total. The number of aromatic nitrogens is 4. The van der Waals surface area contributed by atoms with E-state index in [0.29, 0.717) is 22.7 Å². The quantitative estimate of drug-likeness (QED) is 0.766. The SMILES string of the molecule is Cn1nccc1-c1cc2cc(NC(=O)C3CC3F)ncc2c(N)n1. The summed E-state index contributed by atoms with van der Waals surface area (Å²) in [6.07, 6.45) is 2.47. The number of alkyl halides is 1. The number of rotatable bonds is 3. The molecule has 3 heterocycles. The molecule has 1 amide bonds. The van der Waals surface area contributed by atoms with E-state index in [1.807, 2.05) is 19.2 Å². The fraction of sp³-hybridized carbons (Fsp3) is 0.250. The average Bonchev–Trinajstić information content (AvgIpc) is 3.12. The molecule has 4 rings (SSSR count). The Labute approximate surface area is 136 Å². The second kappa shape index (κ2) is 5.26. The van der Waals surface area contributed by atoms with E-state index < -0.39 is 12.1 Å². The number of hydrogen-bond acceptors (Lipinski definition) is 5. The minimum atomic E-state index is -1.04. The Morgan fingerprint density at radius 1 is 1.46 bits per heavy atom. The summed E-state index contributed by atoms with van der Waals surface area (Å²) in [6.45, 7) is 0. The molecular formula is C16H15FN6O. The van der Waals surface area contributed by atoms with Crippen LogP contribution >= 0.6 is 0 Å². The Morgan fingerprint density at radius 3 is 2.92 bits per heavy atom. The van der Waals surface area contributed by atoms with Crippen molar-refractivity contribution >= 4 is 28.3 Å². The molecule has 0 aromatic carbocycles. The molecule has 24 heavy (non-hydrogen) atoms. The molecule has 0 bridgehead atoms. The number of nitrogens with two attached hydrogens (primary N) is 1. The van der Waals surface area contributed by atoms with Gasteiger partial charge in [-0.05, 0) is 30.0 Å². The largest absolute Gasteiger partial charge is 0.383 e. The molecule has 0 aliphatic heterocycles. The number of carbonyl (C=O) groups is 1. The van der Waals surface area contributed by atoms with Crippen LogP contribution in [0.15, 0.2) is 30.6 Å². The van der Waals surface area contributed by atoms with Crippen molar-refractivity contribution in [2.45, 2.75) is 12.6 Å². The van der Waals surface area contributed by atoms with E-state index in [2.05, 4.69) is 20.4 Å². The molecule has 8 heteroatoms. The predicted octanol–water partition coefficient (Wildman–Crippen LogP) is 1.91. The molecule has 3 aromatic heterocycles. The summed E-state index contributed by atoms with van der Waals surface area (Å²) >= 11 is 0. The highest BCUT2D eigenvalue weighted by Gasteiger charge is 2.43. The van der Waals surface area contributed by atoms with Crippen molar-refractivity contribution in [2.24, 2.45) is 13.0 Å². The molecule has 1 aliphatic rings. The van der Waals surface area contributed by atoms with Crippen LogP contribution in [0.4, 0.5) is 16.0 Å². The van der Waals surface area contributed by atoms with Gasteiger partial charge in [0.15, 0.2) is 0 Å². The Balaban J connectivity index is 1.72. The fourth-order valence-corrected chi connectivity index (χ4v) is 2.65. The summed E-state index contributed by atoms with van der Waals surface area (Å²) in [4.78, 5) is 20.4. The number of nitrogens with one attached hydrogen (secondary N) is 1. The van der Waals surface area contributed by atoms with Crippen LogP contribution in [0.25, 0.3) is 22.2 Å². The lowest BCUT2D eigenvalue weighted by Crippen LogP contribution is -2.15. The molecule has 7 nitrogen and oxygen atoms in total. The zero-order valence-electron chi connectivity index (χ0n) is 12.9. The molecule has 0 radical (unpaired) electrons. The molecule has 122 valence electrons. The summed E-state index contributed by atoms with van der Waals surface area (Å²) in [6, 6.07) is 5.40. The van der Waals surface area contributed by atoms with Crippen molar-refractivity contribution < 1.29 is 9.18 Å². The second-order valence-corrected chi connectivity index (χ2v) is 5.87. The number of pyridine rings is 2. The number of aryl methyl sites for hydroxylation is 1. The van der Waals surface area contributed by atoms with Crippen LogP contribution in [0.1, 0.15) is 6.42 Å². The van der Waals surface area contributed by atoms with Crippen molar-refractivity contribution in [2.75, 3.05) is 11.1 Å². The monoisotopic (exact) mass is 326 g/mol. The van der Waals surface area contributed by atoms with Crippen molar-refractivity contribution in [3.8, 4) is 11.4 Å². The van der Waals surface area contributed by atoms with E-state index in [1.54, 1.807) is 23.1 Å². The molecule has 1 saturated carbocycles. The van der Waals surface area contributed by atoms with Crippen LogP contribution in [0, 0.1) is 5.92 Å². The van der Waals surface area contributed by atoms with Gasteiger partial charge in [0.05, 0.1) is 17.3 Å². The van der Waals surface area contributed by atoms with Crippen LogP contribution < -0.4 is 11.1 Å². The highest BCUT2D eigenvalue weighted by Crippen LogP contribution is 2.35. The lowest BCUT2D eigenvalue weighted by atomic mass is 10.1. The number of amides is 1. The molecular weight excluding hydrogens is 311 g/mol. The van der Waals surface area contributed by atoms with E-state index in [1.165, 1.54) is 0 Å². The summed E-state index contributed by atoms with van der Waals surface area (Å²) in [7, 11) is 1.82. The minimum absolute atomic E-state index is 0.279. The standard InChI is InChI=1S/C16H15FN6O/c1-23-13(2-3-20-23)12-4-8-5-14(19-7-10(8)15(18)21-12)22-16(24)9-6-11(9)17/h2-5,7,9,11H,6H2,1H3,(H2,18,21)(H,19,22,24). The zero-order chi connectivity index (χ0) is 16.8. The van der Waals surface area contributed by atoms with Gasteiger partial charge in [-0.1, -0.05) is 0 Å². The molecule has 2 atom stereocenters. The zero-order valence-corrected chi connectivity index (χ0v) is 12.9. The highest BCUT2D eigenvalue weighted by molar-refractivity contribution is 5.98. The van der Waals surface area contributed by atoms with E-state index in [9.17, 15) is 9.18 Å². The van der Waals surface area contributed by atoms with E-state index in [4.69, 9.17) is 5.73 Å². The van der Waals surface area contributed by atoms with Crippen LogP contribution in [-0.4, -0.2) is 31.8 Å². The average molecular weight is 326 g/mol. The third kappa shape index (κ3) is 2.45. The first-order chi connectivity index (χ1) is 11.5. The van der Waals surface area contributed by atoms with Crippen LogP contribution in [0.5, 0.6) is 0 Å². The summed E-state index contributed by atoms with van der Waals surface area (Å²) in [5.41, 5.74) is 7.52. The number of hydrogen-bond donors (Lipinski definition) is 2. The summed E-state index contributed by atoms with van der Waals surface area (Å²) in [5.74, 6) is -0.188. The number of fused-ring (bicyclic) bond motifs is 1. The third-order valence-corrected chi connectivity index (χ3v) is 4.13. The van der Waals surface area contributed by atoms with Gasteiger partial charge in [0, 0.05) is 24.8 Å². The normalized spacial score (nSPS) is 19.4. The number of nitrogen functional groups attached to an aromatic ring is 1. The van der Waals surface area contributed by atoms with E-state index in [0.717, 1.165) is 11.1 Å². The van der Waals surface area contributed by atoms with Gasteiger partial charge in [-0.25, -0.2) is 14.4 Å². The molecule has 1 fully saturated rings. The van der Waals surface area contributed by atoms with Gasteiger partial charge in [0.1, 0.15) is 17.8 Å². The van der Waals surface area contributed by atoms with Gasteiger partial charge in [0.2, 0.25) is 5.91 Å². The van der Waals surface area contributed by atoms with E-state index >= 15 is 0 Å². The smallest absolute Gasteiger partial charge is 0.231 e. The van der Waals surface area contributed by atoms with Crippen molar-refractivity contribution in [1.82, 2.24) is 19.7 Å². The maximum Gasteiger partial charge on any atom is 0.231 e. The van der Waals surface area contributed by atoms with Crippen LogP contribution in [0.2, 0.25) is 0 Å². The van der Waals surface area contributed by atoms with Gasteiger partial charge in [-0.3, -0.25) is 9.48 Å². The highest BCUT2D eigenvalue weighted by atomic mass is 19.1. The van der Waals surface area contributed by atoms with Gasteiger partial charge in [-0.15, -0.1) is 0 Å². The Bertz CT molecular complexity index is 953. The number of nitrogens with zero attached hydrogens (tertiary/aromatic N) is 4. The van der Waals surface area contributed by atoms with Gasteiger partial charge >= 0.3 is 0 Å². The maximum absolute atomic E-state index is 13.0. The van der Waals surface area contributed by atoms with Crippen LogP contribution in [-0.2, 0) is 11.8 Å². The number of anilines is 2. The molecule has 3 aromatic rings. The lowest BCUT2D eigenvalue weighted by Gasteiger charge is -2.09. The molecule has 1 aliphatic carbocycles. The van der Waals surface area contributed by atoms with Crippen molar-refractivity contribution in [3.05, 3.63) is 30.6 Å². The van der Waals surface area contributed by atoms with Gasteiger partial charge in [0.25, 0.3) is 0 Å².